The lowest BCUT2D eigenvalue weighted by Crippen LogP contribution is -1.93. The zero-order chi connectivity index (χ0) is 6.10. The van der Waals surface area contributed by atoms with E-state index in [0.717, 1.165) is 5.92 Å². The first-order valence-corrected chi connectivity index (χ1v) is 4.06. The van der Waals surface area contributed by atoms with Crippen molar-refractivity contribution in [1.29, 1.82) is 0 Å². The molecule has 1 radical (unpaired) electrons. The molecule has 1 fully saturated rings. The third-order valence-electron chi connectivity index (χ3n) is 2.30. The maximum atomic E-state index is 3.50. The molecule has 0 spiro atoms. The Morgan fingerprint density at radius 1 is 1.22 bits per heavy atom. The van der Waals surface area contributed by atoms with Gasteiger partial charge in [-0.2, -0.15) is 0 Å². The molecule has 0 heterocycles. The first-order chi connectivity index (χ1) is 4.47. The topological polar surface area (TPSA) is 0 Å². The van der Waals surface area contributed by atoms with Crippen LogP contribution in [0.2, 0.25) is 0 Å². The molecule has 0 N–H and O–H groups in total. The summed E-state index contributed by atoms with van der Waals surface area (Å²) in [6.07, 6.45) is 11.8. The van der Waals surface area contributed by atoms with Crippen LogP contribution >= 0.6 is 0 Å². The minimum atomic E-state index is 0.991. The Labute approximate surface area is 57.0 Å². The zero-order valence-corrected chi connectivity index (χ0v) is 5.82. The van der Waals surface area contributed by atoms with E-state index >= 15 is 0 Å². The smallest absolute Gasteiger partial charge is 0.0197 e. The van der Waals surface area contributed by atoms with Crippen molar-refractivity contribution in [2.45, 2.75) is 38.5 Å². The van der Waals surface area contributed by atoms with Gasteiger partial charge in [0.05, 0.1) is 0 Å². The minimum absolute atomic E-state index is 0.991. The Kier molecular flexibility index (Phi) is 1.33. The Morgan fingerprint density at radius 2 is 2.11 bits per heavy atom. The summed E-state index contributed by atoms with van der Waals surface area (Å²) in [6, 6.07) is 0. The molecule has 0 saturated heterocycles. The van der Waals surface area contributed by atoms with Gasteiger partial charge in [0.15, 0.2) is 0 Å². The molecule has 2 rings (SSSR count). The maximum absolute atomic E-state index is 3.50. The molecule has 0 nitrogen and oxygen atoms in total. The van der Waals surface area contributed by atoms with Crippen molar-refractivity contribution in [2.24, 2.45) is 5.92 Å². The van der Waals surface area contributed by atoms with Crippen molar-refractivity contribution >= 4 is 0 Å². The lowest BCUT2D eigenvalue weighted by atomic mass is 9.96. The molecular weight excluding hydrogens is 108 g/mol. The number of allylic oxidation sites excluding steroid dienone is 2. The summed E-state index contributed by atoms with van der Waals surface area (Å²) in [5, 5.41) is 0. The molecule has 0 bridgehead atoms. The van der Waals surface area contributed by atoms with Crippen LogP contribution in [0.25, 0.3) is 0 Å². The van der Waals surface area contributed by atoms with E-state index in [2.05, 4.69) is 6.08 Å². The van der Waals surface area contributed by atoms with Crippen molar-refractivity contribution in [3.63, 3.8) is 0 Å². The van der Waals surface area contributed by atoms with E-state index in [0.29, 0.717) is 0 Å². The van der Waals surface area contributed by atoms with Crippen LogP contribution < -0.4 is 0 Å². The standard InChI is InChI=1S/C9H13/c1-2-4-8(5-3-1)9-6-7-9/h9H,1-4,6-7H2. The normalized spacial score (nSPS) is 27.8. The highest BCUT2D eigenvalue weighted by molar-refractivity contribution is 5.10. The lowest BCUT2D eigenvalue weighted by Gasteiger charge is -2.09. The number of hydrogen-bond donors (Lipinski definition) is 0. The monoisotopic (exact) mass is 121 g/mol. The molecule has 49 valence electrons. The predicted octanol–water partition coefficient (Wildman–Crippen LogP) is 2.70. The molecule has 0 aromatic heterocycles. The molecule has 1 saturated carbocycles. The second-order valence-corrected chi connectivity index (χ2v) is 3.18. The quantitative estimate of drug-likeness (QED) is 0.500. The Hall–Kier alpha value is -0.260. The second-order valence-electron chi connectivity index (χ2n) is 3.18. The lowest BCUT2D eigenvalue weighted by molar-refractivity contribution is 0.657. The van der Waals surface area contributed by atoms with Gasteiger partial charge < -0.3 is 0 Å². The molecule has 0 aromatic rings. The molecule has 0 unspecified atom stereocenters. The molecule has 9 heavy (non-hydrogen) atoms. The summed E-state index contributed by atoms with van der Waals surface area (Å²) < 4.78 is 0. The van der Waals surface area contributed by atoms with Gasteiger partial charge in [-0.3, -0.25) is 0 Å². The van der Waals surface area contributed by atoms with Gasteiger partial charge in [0.1, 0.15) is 0 Å². The van der Waals surface area contributed by atoms with Gasteiger partial charge in [0.25, 0.3) is 0 Å². The van der Waals surface area contributed by atoms with Crippen LogP contribution in [0.4, 0.5) is 0 Å². The van der Waals surface area contributed by atoms with E-state index in [1.807, 2.05) is 0 Å². The third kappa shape index (κ3) is 1.17. The summed E-state index contributed by atoms with van der Waals surface area (Å²) >= 11 is 0. The van der Waals surface area contributed by atoms with Crippen molar-refractivity contribution in [3.05, 3.63) is 11.6 Å². The highest BCUT2D eigenvalue weighted by Crippen LogP contribution is 2.40. The fourth-order valence-electron chi connectivity index (χ4n) is 1.56. The summed E-state index contributed by atoms with van der Waals surface area (Å²) in [6.45, 7) is 0. The second kappa shape index (κ2) is 2.17. The van der Waals surface area contributed by atoms with Gasteiger partial charge in [-0.25, -0.2) is 0 Å². The Bertz CT molecular complexity index is 129. The molecule has 0 amide bonds. The van der Waals surface area contributed by atoms with Gasteiger partial charge in [0, 0.05) is 0 Å². The highest BCUT2D eigenvalue weighted by Gasteiger charge is 2.26. The van der Waals surface area contributed by atoms with Gasteiger partial charge >= 0.3 is 0 Å². The number of hydrogen-bond acceptors (Lipinski definition) is 0. The average Bonchev–Trinajstić information content (AvgIpc) is 2.71. The van der Waals surface area contributed by atoms with Gasteiger partial charge in [0.2, 0.25) is 0 Å². The minimum Gasteiger partial charge on any atom is -0.0636 e. The molecule has 0 atom stereocenters. The van der Waals surface area contributed by atoms with E-state index < -0.39 is 0 Å². The van der Waals surface area contributed by atoms with Crippen LogP contribution in [0.5, 0.6) is 0 Å². The molecule has 0 aromatic carbocycles. The molecule has 2 aliphatic rings. The van der Waals surface area contributed by atoms with E-state index in [1.54, 1.807) is 5.57 Å². The average molecular weight is 121 g/mol. The zero-order valence-electron chi connectivity index (χ0n) is 5.82. The summed E-state index contributed by atoms with van der Waals surface area (Å²) in [5.41, 5.74) is 1.67. The molecule has 0 heteroatoms. The fourth-order valence-corrected chi connectivity index (χ4v) is 1.56. The number of rotatable bonds is 1. The summed E-state index contributed by atoms with van der Waals surface area (Å²) in [4.78, 5) is 0. The fraction of sp³-hybridized carbons (Fsp3) is 0.778. The Morgan fingerprint density at radius 3 is 2.67 bits per heavy atom. The predicted molar refractivity (Wildman–Crippen MR) is 37.9 cm³/mol. The highest BCUT2D eigenvalue weighted by atomic mass is 14.3. The van der Waals surface area contributed by atoms with Gasteiger partial charge in [-0.05, 0) is 50.5 Å². The van der Waals surface area contributed by atoms with E-state index in [-0.39, 0.29) is 0 Å². The van der Waals surface area contributed by atoms with Crippen molar-refractivity contribution in [3.8, 4) is 0 Å². The van der Waals surface area contributed by atoms with E-state index in [9.17, 15) is 0 Å². The van der Waals surface area contributed by atoms with Gasteiger partial charge in [-0.15, -0.1) is 0 Å². The van der Waals surface area contributed by atoms with E-state index in [1.165, 1.54) is 38.5 Å². The Balaban J connectivity index is 1.99. The molecule has 0 aliphatic heterocycles. The largest absolute Gasteiger partial charge is 0.0636 e. The van der Waals surface area contributed by atoms with Gasteiger partial charge in [-0.1, -0.05) is 5.57 Å². The van der Waals surface area contributed by atoms with Crippen molar-refractivity contribution in [2.75, 3.05) is 0 Å². The molecular formula is C9H13. The summed E-state index contributed by atoms with van der Waals surface area (Å²) in [5.74, 6) is 0.991. The SMILES string of the molecule is [C]1=C(C2CC2)CCCC1. The summed E-state index contributed by atoms with van der Waals surface area (Å²) in [7, 11) is 0. The van der Waals surface area contributed by atoms with Crippen molar-refractivity contribution < 1.29 is 0 Å². The van der Waals surface area contributed by atoms with Crippen LogP contribution in [0.3, 0.4) is 0 Å². The van der Waals surface area contributed by atoms with Crippen LogP contribution in [-0.2, 0) is 0 Å². The van der Waals surface area contributed by atoms with Crippen LogP contribution in [0.15, 0.2) is 5.57 Å². The molecule has 2 aliphatic carbocycles. The first-order valence-electron chi connectivity index (χ1n) is 4.06. The third-order valence-corrected chi connectivity index (χ3v) is 2.30. The van der Waals surface area contributed by atoms with Crippen LogP contribution in [0, 0.1) is 12.0 Å². The van der Waals surface area contributed by atoms with Crippen molar-refractivity contribution in [1.82, 2.24) is 0 Å². The van der Waals surface area contributed by atoms with Crippen LogP contribution in [-0.4, -0.2) is 0 Å². The van der Waals surface area contributed by atoms with E-state index in [4.69, 9.17) is 0 Å². The van der Waals surface area contributed by atoms with Crippen LogP contribution in [0.1, 0.15) is 38.5 Å². The first kappa shape index (κ1) is 5.52. The maximum Gasteiger partial charge on any atom is -0.0197 e.